The summed E-state index contributed by atoms with van der Waals surface area (Å²) in [6.07, 6.45) is 0.819. The predicted octanol–water partition coefficient (Wildman–Crippen LogP) is 3.58. The van der Waals surface area contributed by atoms with E-state index in [0.29, 0.717) is 28.7 Å². The van der Waals surface area contributed by atoms with Crippen LogP contribution in [0, 0.1) is 0 Å². The van der Waals surface area contributed by atoms with Gasteiger partial charge in [0.15, 0.2) is 0 Å². The van der Waals surface area contributed by atoms with Crippen molar-refractivity contribution in [3.8, 4) is 0 Å². The van der Waals surface area contributed by atoms with Gasteiger partial charge in [-0.2, -0.15) is 0 Å². The topological polar surface area (TPSA) is 40.6 Å². The van der Waals surface area contributed by atoms with Crippen LogP contribution in [-0.2, 0) is 11.2 Å². The quantitative estimate of drug-likeness (QED) is 0.765. The van der Waals surface area contributed by atoms with Crippen LogP contribution in [0.5, 0.6) is 0 Å². The molecule has 0 radical (unpaired) electrons. The van der Waals surface area contributed by atoms with Gasteiger partial charge in [-0.05, 0) is 53.9 Å². The first-order chi connectivity index (χ1) is 12.0. The summed E-state index contributed by atoms with van der Waals surface area (Å²) in [5.74, 6) is -0.178. The summed E-state index contributed by atoms with van der Waals surface area (Å²) in [6.45, 7) is 1.26. The van der Waals surface area contributed by atoms with Crippen molar-refractivity contribution in [1.29, 1.82) is 0 Å². The van der Waals surface area contributed by atoms with Crippen molar-refractivity contribution in [3.05, 3.63) is 69.2 Å². The highest BCUT2D eigenvalue weighted by atomic mass is 35.5. The molecule has 2 aliphatic heterocycles. The highest BCUT2D eigenvalue weighted by Crippen LogP contribution is 2.35. The third kappa shape index (κ3) is 3.00. The average Bonchev–Trinajstić information content (AvgIpc) is 2.61. The Morgan fingerprint density at radius 2 is 1.76 bits per heavy atom. The van der Waals surface area contributed by atoms with E-state index in [1.165, 1.54) is 5.56 Å². The van der Waals surface area contributed by atoms with E-state index in [1.54, 1.807) is 29.2 Å². The highest BCUT2D eigenvalue weighted by Gasteiger charge is 2.38. The molecule has 2 amide bonds. The van der Waals surface area contributed by atoms with Crippen LogP contribution in [0.15, 0.2) is 42.5 Å². The van der Waals surface area contributed by atoms with Crippen molar-refractivity contribution in [3.63, 3.8) is 0 Å². The van der Waals surface area contributed by atoms with Gasteiger partial charge in [-0.3, -0.25) is 9.59 Å². The third-order valence-electron chi connectivity index (χ3n) is 4.88. The lowest BCUT2D eigenvalue weighted by Crippen LogP contribution is -2.55. The number of piperazine rings is 1. The minimum Gasteiger partial charge on any atom is -0.332 e. The van der Waals surface area contributed by atoms with Gasteiger partial charge in [0.2, 0.25) is 5.91 Å². The van der Waals surface area contributed by atoms with Gasteiger partial charge in [0.05, 0.1) is 6.04 Å². The zero-order valence-corrected chi connectivity index (χ0v) is 14.9. The van der Waals surface area contributed by atoms with Crippen LogP contribution in [0.4, 0.5) is 0 Å². The molecule has 1 atom stereocenters. The molecule has 0 aromatic heterocycles. The summed E-state index contributed by atoms with van der Waals surface area (Å²) in [5, 5.41) is 1.22. The molecule has 2 aromatic rings. The Bertz CT molecular complexity index is 851. The summed E-state index contributed by atoms with van der Waals surface area (Å²) >= 11 is 12.0. The Hall–Kier alpha value is -2.04. The van der Waals surface area contributed by atoms with Gasteiger partial charge in [-0.25, -0.2) is 0 Å². The molecule has 128 valence electrons. The summed E-state index contributed by atoms with van der Waals surface area (Å²) < 4.78 is 0. The monoisotopic (exact) mass is 374 g/mol. The van der Waals surface area contributed by atoms with E-state index in [1.807, 2.05) is 23.1 Å². The molecule has 1 saturated heterocycles. The molecule has 2 heterocycles. The van der Waals surface area contributed by atoms with Crippen molar-refractivity contribution < 1.29 is 9.59 Å². The zero-order valence-electron chi connectivity index (χ0n) is 13.4. The van der Waals surface area contributed by atoms with Gasteiger partial charge in [0.1, 0.15) is 6.54 Å². The lowest BCUT2D eigenvalue weighted by atomic mass is 9.90. The Kier molecular flexibility index (Phi) is 4.18. The first-order valence-electron chi connectivity index (χ1n) is 8.15. The van der Waals surface area contributed by atoms with Gasteiger partial charge in [-0.1, -0.05) is 29.3 Å². The van der Waals surface area contributed by atoms with Gasteiger partial charge in [-0.15, -0.1) is 0 Å². The van der Waals surface area contributed by atoms with Crippen LogP contribution in [0.25, 0.3) is 0 Å². The summed E-state index contributed by atoms with van der Waals surface area (Å²) in [4.78, 5) is 28.9. The maximum absolute atomic E-state index is 12.8. The number of hydrogen-bond acceptors (Lipinski definition) is 2. The molecular formula is C19H16Cl2N2O2. The number of hydrogen-bond donors (Lipinski definition) is 0. The smallest absolute Gasteiger partial charge is 0.254 e. The highest BCUT2D eigenvalue weighted by molar-refractivity contribution is 6.31. The van der Waals surface area contributed by atoms with Crippen LogP contribution < -0.4 is 0 Å². The van der Waals surface area contributed by atoms with E-state index >= 15 is 0 Å². The molecular weight excluding hydrogens is 359 g/mol. The van der Waals surface area contributed by atoms with E-state index in [-0.39, 0.29) is 24.4 Å². The SMILES string of the molecule is O=C(c1ccc(Cl)cc1)N1CC(=O)N2CCc3ccc(Cl)cc3C2C1. The number of benzene rings is 2. The van der Waals surface area contributed by atoms with Crippen molar-refractivity contribution in [2.75, 3.05) is 19.6 Å². The summed E-state index contributed by atoms with van der Waals surface area (Å²) in [7, 11) is 0. The molecule has 1 unspecified atom stereocenters. The fourth-order valence-corrected chi connectivity index (χ4v) is 3.93. The number of rotatable bonds is 1. The standard InChI is InChI=1S/C19H16Cl2N2O2/c20-14-4-2-13(3-5-14)19(25)22-10-17-16-9-15(21)6-1-12(16)7-8-23(17)18(24)11-22/h1-6,9,17H,7-8,10-11H2. The summed E-state index contributed by atoms with van der Waals surface area (Å²) in [5.41, 5.74) is 2.77. The molecule has 1 fully saturated rings. The number of carbonyl (C=O) groups excluding carboxylic acids is 2. The Morgan fingerprint density at radius 3 is 2.52 bits per heavy atom. The molecule has 6 heteroatoms. The fraction of sp³-hybridized carbons (Fsp3) is 0.263. The molecule has 0 bridgehead atoms. The second-order valence-electron chi connectivity index (χ2n) is 6.39. The van der Waals surface area contributed by atoms with Crippen molar-refractivity contribution >= 4 is 35.0 Å². The summed E-state index contributed by atoms with van der Waals surface area (Å²) in [6, 6.07) is 12.4. The van der Waals surface area contributed by atoms with Crippen LogP contribution in [0.3, 0.4) is 0 Å². The second-order valence-corrected chi connectivity index (χ2v) is 7.26. The van der Waals surface area contributed by atoms with Crippen molar-refractivity contribution in [1.82, 2.24) is 9.80 Å². The van der Waals surface area contributed by atoms with Crippen LogP contribution in [0.2, 0.25) is 10.0 Å². The lowest BCUT2D eigenvalue weighted by Gasteiger charge is -2.44. The number of nitrogens with zero attached hydrogens (tertiary/aromatic N) is 2. The lowest BCUT2D eigenvalue weighted by molar-refractivity contribution is -0.139. The second kappa shape index (κ2) is 6.36. The molecule has 0 aliphatic carbocycles. The first kappa shape index (κ1) is 16.4. The Balaban J connectivity index is 1.65. The minimum absolute atomic E-state index is 0.0239. The molecule has 2 aliphatic rings. The maximum atomic E-state index is 12.8. The molecule has 25 heavy (non-hydrogen) atoms. The molecule has 4 rings (SSSR count). The van der Waals surface area contributed by atoms with Gasteiger partial charge < -0.3 is 9.80 Å². The van der Waals surface area contributed by atoms with E-state index < -0.39 is 0 Å². The Morgan fingerprint density at radius 1 is 1.04 bits per heavy atom. The molecule has 4 nitrogen and oxygen atoms in total. The third-order valence-corrected chi connectivity index (χ3v) is 5.37. The number of amides is 2. The molecule has 0 spiro atoms. The normalized spacial score (nSPS) is 19.4. The average molecular weight is 375 g/mol. The number of carbonyl (C=O) groups is 2. The van der Waals surface area contributed by atoms with Gasteiger partial charge in [0.25, 0.3) is 5.91 Å². The predicted molar refractivity (Wildman–Crippen MR) is 97.0 cm³/mol. The first-order valence-corrected chi connectivity index (χ1v) is 8.91. The van der Waals surface area contributed by atoms with E-state index in [4.69, 9.17) is 23.2 Å². The number of halogens is 2. The van der Waals surface area contributed by atoms with Crippen LogP contribution in [0.1, 0.15) is 27.5 Å². The largest absolute Gasteiger partial charge is 0.332 e. The minimum atomic E-state index is -0.154. The van der Waals surface area contributed by atoms with Crippen molar-refractivity contribution in [2.24, 2.45) is 0 Å². The van der Waals surface area contributed by atoms with E-state index in [2.05, 4.69) is 0 Å². The van der Waals surface area contributed by atoms with Crippen LogP contribution >= 0.6 is 23.2 Å². The van der Waals surface area contributed by atoms with E-state index in [0.717, 1.165) is 12.0 Å². The molecule has 2 aromatic carbocycles. The molecule has 0 saturated carbocycles. The van der Waals surface area contributed by atoms with Crippen molar-refractivity contribution in [2.45, 2.75) is 12.5 Å². The Labute approximate surface area is 155 Å². The molecule has 0 N–H and O–H groups in total. The van der Waals surface area contributed by atoms with Gasteiger partial charge in [0, 0.05) is 28.7 Å². The van der Waals surface area contributed by atoms with Crippen LogP contribution in [-0.4, -0.2) is 41.2 Å². The van der Waals surface area contributed by atoms with Gasteiger partial charge >= 0.3 is 0 Å². The zero-order chi connectivity index (χ0) is 17.6. The fourth-order valence-electron chi connectivity index (χ4n) is 3.62. The number of fused-ring (bicyclic) bond motifs is 3. The maximum Gasteiger partial charge on any atom is 0.254 e. The van der Waals surface area contributed by atoms with E-state index in [9.17, 15) is 9.59 Å².